The maximum absolute atomic E-state index is 11.6. The summed E-state index contributed by atoms with van der Waals surface area (Å²) in [6.07, 6.45) is 4.34. The molecule has 0 radical (unpaired) electrons. The summed E-state index contributed by atoms with van der Waals surface area (Å²) < 4.78 is 0. The number of benzene rings is 1. The van der Waals surface area contributed by atoms with E-state index in [1.807, 2.05) is 12.1 Å². The van der Waals surface area contributed by atoms with E-state index >= 15 is 0 Å². The molecular weight excluding hydrogens is 188 g/mol. The minimum atomic E-state index is 0.115. The molecule has 1 amide bonds. The fourth-order valence-electron chi connectivity index (χ4n) is 1.74. The van der Waals surface area contributed by atoms with Crippen LogP contribution >= 0.6 is 0 Å². The van der Waals surface area contributed by atoms with Crippen molar-refractivity contribution in [1.29, 1.82) is 0 Å². The number of nitrogens with two attached hydrogens (primary N) is 1. The molecule has 1 aromatic rings. The topological polar surface area (TPSA) is 55.1 Å². The summed E-state index contributed by atoms with van der Waals surface area (Å²) in [5, 5.41) is 2.87. The number of amides is 1. The van der Waals surface area contributed by atoms with Crippen LogP contribution in [0.15, 0.2) is 24.3 Å². The molecule has 80 valence electrons. The van der Waals surface area contributed by atoms with Crippen LogP contribution < -0.4 is 11.1 Å². The van der Waals surface area contributed by atoms with Gasteiger partial charge in [0.15, 0.2) is 0 Å². The number of carbonyl (C=O) groups excluding carboxylic acids is 1. The number of nitrogens with one attached hydrogen (secondary N) is 1. The molecule has 0 aliphatic heterocycles. The lowest BCUT2D eigenvalue weighted by atomic mass is 9.83. The van der Waals surface area contributed by atoms with Crippen LogP contribution in [0.4, 0.5) is 11.4 Å². The van der Waals surface area contributed by atoms with Crippen LogP contribution in [0.5, 0.6) is 0 Å². The summed E-state index contributed by atoms with van der Waals surface area (Å²) >= 11 is 0. The molecule has 1 aliphatic carbocycles. The number of anilines is 2. The van der Waals surface area contributed by atoms with Gasteiger partial charge in [0.25, 0.3) is 0 Å². The molecule has 1 aliphatic rings. The van der Waals surface area contributed by atoms with E-state index in [2.05, 4.69) is 5.32 Å². The minimum Gasteiger partial charge on any atom is -0.399 e. The van der Waals surface area contributed by atoms with E-state index < -0.39 is 0 Å². The van der Waals surface area contributed by atoms with Gasteiger partial charge in [-0.05, 0) is 43.0 Å². The number of nitrogen functional groups attached to an aromatic ring is 1. The van der Waals surface area contributed by atoms with E-state index in [4.69, 9.17) is 5.73 Å². The molecule has 15 heavy (non-hydrogen) atoms. The summed E-state index contributed by atoms with van der Waals surface area (Å²) in [7, 11) is 0. The first kappa shape index (κ1) is 10.0. The second-order valence-electron chi connectivity index (χ2n) is 4.17. The van der Waals surface area contributed by atoms with Gasteiger partial charge in [0.2, 0.25) is 5.91 Å². The number of rotatable bonds is 3. The Morgan fingerprint density at radius 3 is 2.53 bits per heavy atom. The normalized spacial score (nSPS) is 15.7. The van der Waals surface area contributed by atoms with Gasteiger partial charge in [-0.3, -0.25) is 4.79 Å². The summed E-state index contributed by atoms with van der Waals surface area (Å²) in [6, 6.07) is 7.24. The minimum absolute atomic E-state index is 0.115. The van der Waals surface area contributed by atoms with Crippen LogP contribution in [0.25, 0.3) is 0 Å². The third-order valence-electron chi connectivity index (χ3n) is 2.89. The predicted molar refractivity (Wildman–Crippen MR) is 61.4 cm³/mol. The van der Waals surface area contributed by atoms with Gasteiger partial charge in [-0.1, -0.05) is 6.42 Å². The molecule has 2 rings (SSSR count). The van der Waals surface area contributed by atoms with Crippen LogP contribution in [0.1, 0.15) is 25.7 Å². The van der Waals surface area contributed by atoms with Gasteiger partial charge in [-0.15, -0.1) is 0 Å². The van der Waals surface area contributed by atoms with Crippen LogP contribution in [0, 0.1) is 5.92 Å². The average Bonchev–Trinajstić information content (AvgIpc) is 2.16. The molecule has 1 saturated carbocycles. The number of hydrogen-bond acceptors (Lipinski definition) is 2. The lowest BCUT2D eigenvalue weighted by molar-refractivity contribution is -0.117. The smallest absolute Gasteiger partial charge is 0.224 e. The highest BCUT2D eigenvalue weighted by Gasteiger charge is 2.20. The Bertz CT molecular complexity index is 341. The molecule has 3 N–H and O–H groups in total. The second-order valence-corrected chi connectivity index (χ2v) is 4.17. The van der Waals surface area contributed by atoms with E-state index in [1.165, 1.54) is 19.3 Å². The van der Waals surface area contributed by atoms with Gasteiger partial charge >= 0.3 is 0 Å². The maximum atomic E-state index is 11.6. The van der Waals surface area contributed by atoms with E-state index in [0.717, 1.165) is 5.69 Å². The zero-order valence-corrected chi connectivity index (χ0v) is 8.70. The molecule has 3 heteroatoms. The molecule has 1 aromatic carbocycles. The molecule has 0 unspecified atom stereocenters. The Labute approximate surface area is 89.7 Å². The van der Waals surface area contributed by atoms with Gasteiger partial charge in [-0.25, -0.2) is 0 Å². The van der Waals surface area contributed by atoms with E-state index in [0.29, 0.717) is 18.0 Å². The molecule has 0 atom stereocenters. The van der Waals surface area contributed by atoms with E-state index in [1.54, 1.807) is 12.1 Å². The maximum Gasteiger partial charge on any atom is 0.224 e. The molecule has 3 nitrogen and oxygen atoms in total. The van der Waals surface area contributed by atoms with Crippen LogP contribution in [0.2, 0.25) is 0 Å². The molecule has 0 heterocycles. The zero-order valence-electron chi connectivity index (χ0n) is 8.70. The van der Waals surface area contributed by atoms with Crippen molar-refractivity contribution in [3.05, 3.63) is 24.3 Å². The van der Waals surface area contributed by atoms with Gasteiger partial charge in [-0.2, -0.15) is 0 Å². The SMILES string of the molecule is Nc1ccc(NC(=O)CC2CCC2)cc1. The van der Waals surface area contributed by atoms with Crippen molar-refractivity contribution >= 4 is 17.3 Å². The van der Waals surface area contributed by atoms with Gasteiger partial charge in [0.05, 0.1) is 0 Å². The Kier molecular flexibility index (Phi) is 2.90. The first-order chi connectivity index (χ1) is 7.24. The zero-order chi connectivity index (χ0) is 10.7. The lowest BCUT2D eigenvalue weighted by Crippen LogP contribution is -2.20. The number of hydrogen-bond donors (Lipinski definition) is 2. The molecule has 0 aromatic heterocycles. The Morgan fingerprint density at radius 2 is 2.00 bits per heavy atom. The predicted octanol–water partition coefficient (Wildman–Crippen LogP) is 2.40. The standard InChI is InChI=1S/C12H16N2O/c13-10-4-6-11(7-5-10)14-12(15)8-9-2-1-3-9/h4-7,9H,1-3,8,13H2,(H,14,15). The van der Waals surface area contributed by atoms with Crippen molar-refractivity contribution < 1.29 is 4.79 Å². The summed E-state index contributed by atoms with van der Waals surface area (Å²) in [6.45, 7) is 0. The fraction of sp³-hybridized carbons (Fsp3) is 0.417. The summed E-state index contributed by atoms with van der Waals surface area (Å²) in [5.41, 5.74) is 7.10. The monoisotopic (exact) mass is 204 g/mol. The Balaban J connectivity index is 1.84. The molecular formula is C12H16N2O. The summed E-state index contributed by atoms with van der Waals surface area (Å²) in [5.74, 6) is 0.725. The van der Waals surface area contributed by atoms with Crippen molar-refractivity contribution in [3.8, 4) is 0 Å². The van der Waals surface area contributed by atoms with E-state index in [9.17, 15) is 4.79 Å². The van der Waals surface area contributed by atoms with Crippen molar-refractivity contribution in [2.75, 3.05) is 11.1 Å². The first-order valence-electron chi connectivity index (χ1n) is 5.39. The van der Waals surface area contributed by atoms with Crippen LogP contribution in [0.3, 0.4) is 0 Å². The fourth-order valence-corrected chi connectivity index (χ4v) is 1.74. The quantitative estimate of drug-likeness (QED) is 0.743. The second kappa shape index (κ2) is 4.34. The third kappa shape index (κ3) is 2.72. The van der Waals surface area contributed by atoms with Crippen molar-refractivity contribution in [1.82, 2.24) is 0 Å². The van der Waals surface area contributed by atoms with Gasteiger partial charge < -0.3 is 11.1 Å². The van der Waals surface area contributed by atoms with Gasteiger partial charge in [0, 0.05) is 17.8 Å². The van der Waals surface area contributed by atoms with E-state index in [-0.39, 0.29) is 5.91 Å². The Hall–Kier alpha value is -1.51. The van der Waals surface area contributed by atoms with Gasteiger partial charge in [0.1, 0.15) is 0 Å². The van der Waals surface area contributed by atoms with Crippen molar-refractivity contribution in [2.45, 2.75) is 25.7 Å². The molecule has 0 bridgehead atoms. The van der Waals surface area contributed by atoms with Crippen molar-refractivity contribution in [3.63, 3.8) is 0 Å². The lowest BCUT2D eigenvalue weighted by Gasteiger charge is -2.24. The van der Waals surface area contributed by atoms with Crippen molar-refractivity contribution in [2.24, 2.45) is 5.92 Å². The average molecular weight is 204 g/mol. The van der Waals surface area contributed by atoms with Crippen LogP contribution in [-0.4, -0.2) is 5.91 Å². The van der Waals surface area contributed by atoms with Crippen LogP contribution in [-0.2, 0) is 4.79 Å². The molecule has 1 fully saturated rings. The highest BCUT2D eigenvalue weighted by Crippen LogP contribution is 2.29. The third-order valence-corrected chi connectivity index (χ3v) is 2.89. The Morgan fingerprint density at radius 1 is 1.33 bits per heavy atom. The highest BCUT2D eigenvalue weighted by atomic mass is 16.1. The highest BCUT2D eigenvalue weighted by molar-refractivity contribution is 5.91. The first-order valence-corrected chi connectivity index (χ1v) is 5.39. The molecule has 0 spiro atoms. The largest absolute Gasteiger partial charge is 0.399 e. The summed E-state index contributed by atoms with van der Waals surface area (Å²) in [4.78, 5) is 11.6. The molecule has 0 saturated heterocycles. The number of carbonyl (C=O) groups is 1.